The van der Waals surface area contributed by atoms with Crippen molar-refractivity contribution in [2.24, 2.45) is 0 Å². The number of nitrogens with zero attached hydrogens (tertiary/aromatic N) is 3. The van der Waals surface area contributed by atoms with Crippen LogP contribution in [0.2, 0.25) is 0 Å². The summed E-state index contributed by atoms with van der Waals surface area (Å²) < 4.78 is 1.90. The predicted octanol–water partition coefficient (Wildman–Crippen LogP) is 3.29. The second-order valence-electron chi connectivity index (χ2n) is 5.98. The molecule has 3 rings (SSSR count). The Balaban J connectivity index is 1.61. The smallest absolute Gasteiger partial charge is 0.216 e. The van der Waals surface area contributed by atoms with Crippen molar-refractivity contribution < 1.29 is 9.59 Å². The lowest BCUT2D eigenvalue weighted by molar-refractivity contribution is -0.118. The van der Waals surface area contributed by atoms with Gasteiger partial charge in [-0.2, -0.15) is 0 Å². The minimum Gasteiger partial charge on any atom is -0.356 e. The van der Waals surface area contributed by atoms with Crippen LogP contribution in [-0.4, -0.2) is 38.8 Å². The zero-order valence-corrected chi connectivity index (χ0v) is 16.8. The van der Waals surface area contributed by atoms with Gasteiger partial charge in [0.25, 0.3) is 0 Å². The molecule has 0 aliphatic heterocycles. The molecular weight excluding hydrogens is 380 g/mol. The summed E-state index contributed by atoms with van der Waals surface area (Å²) in [6.45, 7) is 4.11. The van der Waals surface area contributed by atoms with Crippen molar-refractivity contribution in [1.82, 2.24) is 20.1 Å². The van der Waals surface area contributed by atoms with Gasteiger partial charge in [0.05, 0.1) is 16.3 Å². The average Bonchev–Trinajstić information content (AvgIpc) is 3.29. The molecule has 3 aromatic rings. The molecule has 1 N–H and O–H groups in total. The third kappa shape index (κ3) is 5.05. The number of thioether (sulfide) groups is 1. The van der Waals surface area contributed by atoms with Gasteiger partial charge in [0.2, 0.25) is 5.91 Å². The maximum Gasteiger partial charge on any atom is 0.216 e. The van der Waals surface area contributed by atoms with E-state index in [4.69, 9.17) is 0 Å². The molecule has 1 amide bonds. The monoisotopic (exact) mass is 400 g/mol. The van der Waals surface area contributed by atoms with Crippen molar-refractivity contribution in [3.8, 4) is 5.69 Å². The molecule has 0 aliphatic carbocycles. The lowest BCUT2D eigenvalue weighted by atomic mass is 10.2. The second-order valence-corrected chi connectivity index (χ2v) is 8.09. The van der Waals surface area contributed by atoms with Crippen LogP contribution in [0.4, 0.5) is 0 Å². The average molecular weight is 401 g/mol. The molecule has 2 aromatic heterocycles. The third-order valence-corrected chi connectivity index (χ3v) is 6.03. The Morgan fingerprint density at radius 1 is 1.22 bits per heavy atom. The highest BCUT2D eigenvalue weighted by Crippen LogP contribution is 2.24. The summed E-state index contributed by atoms with van der Waals surface area (Å²) in [5.74, 6) is 0.322. The fraction of sp³-hybridized carbons (Fsp3) is 0.263. The van der Waals surface area contributed by atoms with Gasteiger partial charge >= 0.3 is 0 Å². The van der Waals surface area contributed by atoms with Gasteiger partial charge in [-0.25, -0.2) is 0 Å². The standard InChI is InChI=1S/C19H20N4O2S2/c1-13-5-3-4-6-16(13)23-12-21-22-19(23)26-11-17(25)18-8-7-15(27-18)9-10-20-14(2)24/h3-8,12H,9-11H2,1-2H3,(H,20,24). The summed E-state index contributed by atoms with van der Waals surface area (Å²) in [5, 5.41) is 11.6. The van der Waals surface area contributed by atoms with E-state index < -0.39 is 0 Å². The van der Waals surface area contributed by atoms with Crippen molar-refractivity contribution in [3.05, 3.63) is 58.0 Å². The lowest BCUT2D eigenvalue weighted by Gasteiger charge is -2.08. The van der Waals surface area contributed by atoms with Crippen molar-refractivity contribution in [2.75, 3.05) is 12.3 Å². The number of hydrogen-bond acceptors (Lipinski definition) is 6. The van der Waals surface area contributed by atoms with E-state index in [0.717, 1.165) is 27.4 Å². The number of benzene rings is 1. The molecule has 0 unspecified atom stereocenters. The molecule has 0 spiro atoms. The van der Waals surface area contributed by atoms with Crippen LogP contribution in [-0.2, 0) is 11.2 Å². The number of aromatic nitrogens is 3. The molecule has 0 saturated carbocycles. The number of amides is 1. The maximum absolute atomic E-state index is 12.5. The van der Waals surface area contributed by atoms with E-state index in [1.807, 2.05) is 47.9 Å². The first-order valence-corrected chi connectivity index (χ1v) is 10.3. The number of carbonyl (C=O) groups is 2. The Kier molecular flexibility index (Phi) is 6.41. The van der Waals surface area contributed by atoms with Gasteiger partial charge in [-0.15, -0.1) is 21.5 Å². The van der Waals surface area contributed by atoms with Crippen LogP contribution in [0, 0.1) is 6.92 Å². The van der Waals surface area contributed by atoms with Gasteiger partial charge in [-0.05, 0) is 37.1 Å². The summed E-state index contributed by atoms with van der Waals surface area (Å²) in [6.07, 6.45) is 2.40. The molecule has 0 saturated heterocycles. The number of ketones is 1. The topological polar surface area (TPSA) is 76.9 Å². The first-order valence-electron chi connectivity index (χ1n) is 8.50. The Morgan fingerprint density at radius 2 is 2.04 bits per heavy atom. The molecule has 0 aliphatic rings. The van der Waals surface area contributed by atoms with Crippen LogP contribution in [0.3, 0.4) is 0 Å². The van der Waals surface area contributed by atoms with Gasteiger partial charge in [-0.1, -0.05) is 30.0 Å². The summed E-state index contributed by atoms with van der Waals surface area (Å²) in [4.78, 5) is 25.2. The number of aryl methyl sites for hydroxylation is 1. The Hall–Kier alpha value is -2.45. The summed E-state index contributed by atoms with van der Waals surface area (Å²) in [5.41, 5.74) is 2.13. The van der Waals surface area contributed by atoms with Gasteiger partial charge in [0, 0.05) is 18.3 Å². The summed E-state index contributed by atoms with van der Waals surface area (Å²) in [7, 11) is 0. The van der Waals surface area contributed by atoms with Gasteiger partial charge in [0.1, 0.15) is 6.33 Å². The lowest BCUT2D eigenvalue weighted by Crippen LogP contribution is -2.22. The van der Waals surface area contributed by atoms with Crippen molar-refractivity contribution in [3.63, 3.8) is 0 Å². The first kappa shape index (κ1) is 19.3. The fourth-order valence-electron chi connectivity index (χ4n) is 2.55. The zero-order valence-electron chi connectivity index (χ0n) is 15.1. The molecule has 0 radical (unpaired) electrons. The highest BCUT2D eigenvalue weighted by molar-refractivity contribution is 7.99. The zero-order chi connectivity index (χ0) is 19.2. The molecule has 0 bridgehead atoms. The van der Waals surface area contributed by atoms with Crippen LogP contribution in [0.1, 0.15) is 27.0 Å². The molecule has 0 atom stereocenters. The van der Waals surface area contributed by atoms with E-state index in [1.165, 1.54) is 30.0 Å². The number of thiophene rings is 1. The van der Waals surface area contributed by atoms with E-state index >= 15 is 0 Å². The van der Waals surface area contributed by atoms with Gasteiger partial charge < -0.3 is 5.32 Å². The van der Waals surface area contributed by atoms with Gasteiger partial charge in [0.15, 0.2) is 10.9 Å². The highest BCUT2D eigenvalue weighted by Gasteiger charge is 2.14. The number of rotatable bonds is 8. The van der Waals surface area contributed by atoms with E-state index in [0.29, 0.717) is 17.5 Å². The fourth-order valence-corrected chi connectivity index (χ4v) is 4.39. The van der Waals surface area contributed by atoms with Crippen LogP contribution in [0.25, 0.3) is 5.69 Å². The highest BCUT2D eigenvalue weighted by atomic mass is 32.2. The molecule has 0 fully saturated rings. The van der Waals surface area contributed by atoms with E-state index in [9.17, 15) is 9.59 Å². The normalized spacial score (nSPS) is 10.7. The largest absolute Gasteiger partial charge is 0.356 e. The third-order valence-electron chi connectivity index (χ3n) is 3.91. The van der Waals surface area contributed by atoms with Crippen LogP contribution in [0.5, 0.6) is 0 Å². The van der Waals surface area contributed by atoms with Crippen LogP contribution in [0.15, 0.2) is 47.9 Å². The SMILES string of the molecule is CC(=O)NCCc1ccc(C(=O)CSc2nncn2-c2ccccc2C)s1. The molecule has 6 nitrogen and oxygen atoms in total. The number of carbonyl (C=O) groups excluding carboxylic acids is 2. The van der Waals surface area contributed by atoms with Crippen molar-refractivity contribution >= 4 is 34.8 Å². The van der Waals surface area contributed by atoms with Crippen molar-refractivity contribution in [2.45, 2.75) is 25.4 Å². The van der Waals surface area contributed by atoms with Crippen LogP contribution >= 0.6 is 23.1 Å². The van der Waals surface area contributed by atoms with E-state index in [2.05, 4.69) is 15.5 Å². The predicted molar refractivity (Wildman–Crippen MR) is 108 cm³/mol. The maximum atomic E-state index is 12.5. The van der Waals surface area contributed by atoms with Crippen molar-refractivity contribution in [1.29, 1.82) is 0 Å². The molecule has 2 heterocycles. The Labute approximate surface area is 166 Å². The number of hydrogen-bond donors (Lipinski definition) is 1. The molecule has 8 heteroatoms. The molecule has 140 valence electrons. The minimum atomic E-state index is -0.0444. The quantitative estimate of drug-likeness (QED) is 0.464. The number of Topliss-reactive ketones (excluding diaryl/α,β-unsaturated/α-hetero) is 1. The van der Waals surface area contributed by atoms with Crippen LogP contribution < -0.4 is 5.32 Å². The molecule has 1 aromatic carbocycles. The summed E-state index contributed by atoms with van der Waals surface area (Å²) in [6, 6.07) is 11.8. The Morgan fingerprint density at radius 3 is 2.81 bits per heavy atom. The Bertz CT molecular complexity index is 949. The minimum absolute atomic E-state index is 0.0444. The van der Waals surface area contributed by atoms with E-state index in [1.54, 1.807) is 6.33 Å². The first-order chi connectivity index (χ1) is 13.0. The molecular formula is C19H20N4O2S2. The number of nitrogens with one attached hydrogen (secondary N) is 1. The second kappa shape index (κ2) is 8.96. The molecule has 27 heavy (non-hydrogen) atoms. The van der Waals surface area contributed by atoms with Gasteiger partial charge in [-0.3, -0.25) is 14.2 Å². The summed E-state index contributed by atoms with van der Waals surface area (Å²) >= 11 is 2.86. The number of para-hydroxylation sites is 1. The van der Waals surface area contributed by atoms with E-state index in [-0.39, 0.29) is 11.7 Å².